The minimum absolute atomic E-state index is 0.141. The van der Waals surface area contributed by atoms with E-state index in [1.165, 1.54) is 4.31 Å². The number of unbranched alkanes of at least 4 members (excludes halogenated alkanes) is 1. The average molecular weight is 487 g/mol. The molecule has 0 radical (unpaired) electrons. The zero-order valence-corrected chi connectivity index (χ0v) is 21.2. The summed E-state index contributed by atoms with van der Waals surface area (Å²) in [7, 11) is -3.61. The number of carbonyl (C=O) groups is 2. The van der Waals surface area contributed by atoms with Crippen molar-refractivity contribution < 1.29 is 22.7 Å². The van der Waals surface area contributed by atoms with Crippen molar-refractivity contribution in [1.82, 2.24) is 4.31 Å². The summed E-state index contributed by atoms with van der Waals surface area (Å²) in [6, 6.07) is 10.4. The standard InChI is InChI=1S/C26H34N2O5S/c1-5-6-15-33-26(30)22-7-9-23(10-8-22)27-25(29)21-11-13-28(14-12-21)34(31,32)24-19(3)16-18(2)17-20(24)4/h7-10,16-17,21H,5-6,11-15H2,1-4H3,(H,27,29). The third-order valence-electron chi connectivity index (χ3n) is 6.15. The van der Waals surface area contributed by atoms with Crippen LogP contribution in [0.3, 0.4) is 0 Å². The quantitative estimate of drug-likeness (QED) is 0.435. The second kappa shape index (κ2) is 11.1. The lowest BCUT2D eigenvalue weighted by molar-refractivity contribution is -0.120. The molecule has 1 fully saturated rings. The van der Waals surface area contributed by atoms with Crippen LogP contribution in [0.1, 0.15) is 59.7 Å². The van der Waals surface area contributed by atoms with Crippen LogP contribution >= 0.6 is 0 Å². The maximum absolute atomic E-state index is 13.3. The SMILES string of the molecule is CCCCOC(=O)c1ccc(NC(=O)C2CCN(S(=O)(=O)c3c(C)cc(C)cc3C)CC2)cc1. The summed E-state index contributed by atoms with van der Waals surface area (Å²) in [5.74, 6) is -0.790. The number of carbonyl (C=O) groups excluding carboxylic acids is 2. The van der Waals surface area contributed by atoms with E-state index in [1.807, 2.05) is 39.8 Å². The third kappa shape index (κ3) is 6.04. The molecule has 1 aliphatic heterocycles. The average Bonchev–Trinajstić information content (AvgIpc) is 2.79. The number of aryl methyl sites for hydroxylation is 3. The number of nitrogens with zero attached hydrogens (tertiary/aromatic N) is 1. The number of nitrogens with one attached hydrogen (secondary N) is 1. The van der Waals surface area contributed by atoms with E-state index in [1.54, 1.807) is 24.3 Å². The van der Waals surface area contributed by atoms with E-state index in [4.69, 9.17) is 4.74 Å². The second-order valence-electron chi connectivity index (χ2n) is 8.96. The van der Waals surface area contributed by atoms with Gasteiger partial charge in [0, 0.05) is 24.7 Å². The van der Waals surface area contributed by atoms with Crippen molar-refractivity contribution in [2.45, 2.75) is 58.3 Å². The summed E-state index contributed by atoms with van der Waals surface area (Å²) in [4.78, 5) is 25.1. The van der Waals surface area contributed by atoms with E-state index in [0.717, 1.165) is 29.5 Å². The number of ether oxygens (including phenoxy) is 1. The first-order chi connectivity index (χ1) is 16.1. The summed E-state index contributed by atoms with van der Waals surface area (Å²) in [5.41, 5.74) is 3.56. The Hall–Kier alpha value is -2.71. The largest absolute Gasteiger partial charge is 0.462 e. The molecule has 2 aromatic carbocycles. The van der Waals surface area contributed by atoms with E-state index < -0.39 is 10.0 Å². The van der Waals surface area contributed by atoms with Crippen LogP contribution in [0.15, 0.2) is 41.3 Å². The van der Waals surface area contributed by atoms with Gasteiger partial charge in [0.2, 0.25) is 15.9 Å². The highest BCUT2D eigenvalue weighted by Crippen LogP contribution is 2.29. The van der Waals surface area contributed by atoms with Crippen LogP contribution < -0.4 is 5.32 Å². The molecule has 0 unspecified atom stereocenters. The van der Waals surface area contributed by atoms with Crippen LogP contribution in [0.4, 0.5) is 5.69 Å². The molecule has 1 heterocycles. The molecular formula is C26H34N2O5S. The van der Waals surface area contributed by atoms with Gasteiger partial charge in [0.15, 0.2) is 0 Å². The number of rotatable bonds is 8. The van der Waals surface area contributed by atoms with Gasteiger partial charge in [0.05, 0.1) is 17.1 Å². The highest BCUT2D eigenvalue weighted by Gasteiger charge is 2.33. The maximum atomic E-state index is 13.3. The molecule has 0 saturated carbocycles. The molecule has 0 atom stereocenters. The van der Waals surface area contributed by atoms with E-state index in [0.29, 0.717) is 48.7 Å². The molecule has 0 aromatic heterocycles. The number of hydrogen-bond donors (Lipinski definition) is 1. The minimum atomic E-state index is -3.61. The Balaban J connectivity index is 1.57. The summed E-state index contributed by atoms with van der Waals surface area (Å²) in [6.45, 7) is 8.62. The smallest absolute Gasteiger partial charge is 0.338 e. The molecule has 184 valence electrons. The number of anilines is 1. The molecule has 0 spiro atoms. The van der Waals surface area contributed by atoms with Crippen LogP contribution in [0.5, 0.6) is 0 Å². The number of amides is 1. The Morgan fingerprint density at radius 1 is 1.03 bits per heavy atom. The van der Waals surface area contributed by atoms with Gasteiger partial charge >= 0.3 is 5.97 Å². The molecular weight excluding hydrogens is 452 g/mol. The molecule has 1 aliphatic rings. The molecule has 7 nitrogen and oxygen atoms in total. The minimum Gasteiger partial charge on any atom is -0.462 e. The Morgan fingerprint density at radius 3 is 2.18 bits per heavy atom. The maximum Gasteiger partial charge on any atom is 0.338 e. The van der Waals surface area contributed by atoms with Crippen molar-refractivity contribution >= 4 is 27.6 Å². The number of sulfonamides is 1. The predicted octanol–water partition coefficient (Wildman–Crippen LogP) is 4.61. The summed E-state index contributed by atoms with van der Waals surface area (Å²) in [5, 5.41) is 2.88. The van der Waals surface area contributed by atoms with Crippen molar-refractivity contribution in [3.05, 3.63) is 58.7 Å². The Bertz CT molecular complexity index is 1110. The highest BCUT2D eigenvalue weighted by molar-refractivity contribution is 7.89. The van der Waals surface area contributed by atoms with Crippen LogP contribution in [-0.2, 0) is 19.6 Å². The lowest BCUT2D eigenvalue weighted by Gasteiger charge is -2.31. The van der Waals surface area contributed by atoms with Crippen LogP contribution in [0.25, 0.3) is 0 Å². The molecule has 0 aliphatic carbocycles. The highest BCUT2D eigenvalue weighted by atomic mass is 32.2. The zero-order valence-electron chi connectivity index (χ0n) is 20.4. The molecule has 3 rings (SSSR count). The summed E-state index contributed by atoms with van der Waals surface area (Å²) in [6.07, 6.45) is 2.69. The fourth-order valence-corrected chi connectivity index (χ4v) is 6.27. The Morgan fingerprint density at radius 2 is 1.62 bits per heavy atom. The van der Waals surface area contributed by atoms with E-state index in [9.17, 15) is 18.0 Å². The van der Waals surface area contributed by atoms with Crippen LogP contribution in [0, 0.1) is 26.7 Å². The predicted molar refractivity (Wildman–Crippen MR) is 132 cm³/mol. The Kier molecular flexibility index (Phi) is 8.49. The normalized spacial score (nSPS) is 15.2. The first-order valence-electron chi connectivity index (χ1n) is 11.8. The number of piperidine rings is 1. The first-order valence-corrected chi connectivity index (χ1v) is 13.2. The third-order valence-corrected chi connectivity index (χ3v) is 8.35. The Labute approximate surface area is 202 Å². The van der Waals surface area contributed by atoms with Gasteiger partial charge in [-0.05, 0) is 75.4 Å². The number of esters is 1. The van der Waals surface area contributed by atoms with Gasteiger partial charge in [-0.2, -0.15) is 4.31 Å². The summed E-state index contributed by atoms with van der Waals surface area (Å²) >= 11 is 0. The van der Waals surface area contributed by atoms with Crippen molar-refractivity contribution in [2.75, 3.05) is 25.0 Å². The molecule has 8 heteroatoms. The van der Waals surface area contributed by atoms with Crippen molar-refractivity contribution in [2.24, 2.45) is 5.92 Å². The molecule has 1 N–H and O–H groups in total. The van der Waals surface area contributed by atoms with Crippen LogP contribution in [-0.4, -0.2) is 44.3 Å². The van der Waals surface area contributed by atoms with E-state index in [-0.39, 0.29) is 17.8 Å². The van der Waals surface area contributed by atoms with Gasteiger partial charge in [-0.15, -0.1) is 0 Å². The topological polar surface area (TPSA) is 92.8 Å². The second-order valence-corrected chi connectivity index (χ2v) is 10.8. The molecule has 0 bridgehead atoms. The van der Waals surface area contributed by atoms with Gasteiger partial charge in [0.1, 0.15) is 0 Å². The van der Waals surface area contributed by atoms with Gasteiger partial charge in [-0.25, -0.2) is 13.2 Å². The van der Waals surface area contributed by atoms with Gasteiger partial charge in [-0.1, -0.05) is 31.0 Å². The van der Waals surface area contributed by atoms with Gasteiger partial charge in [0.25, 0.3) is 0 Å². The number of benzene rings is 2. The fourth-order valence-electron chi connectivity index (χ4n) is 4.39. The van der Waals surface area contributed by atoms with Gasteiger partial charge in [-0.3, -0.25) is 4.79 Å². The monoisotopic (exact) mass is 486 g/mol. The molecule has 1 amide bonds. The fraction of sp³-hybridized carbons (Fsp3) is 0.462. The van der Waals surface area contributed by atoms with E-state index in [2.05, 4.69) is 5.32 Å². The lowest BCUT2D eigenvalue weighted by atomic mass is 9.97. The van der Waals surface area contributed by atoms with Crippen molar-refractivity contribution in [3.63, 3.8) is 0 Å². The molecule has 2 aromatic rings. The van der Waals surface area contributed by atoms with E-state index >= 15 is 0 Å². The van der Waals surface area contributed by atoms with Gasteiger partial charge < -0.3 is 10.1 Å². The van der Waals surface area contributed by atoms with Crippen molar-refractivity contribution in [1.29, 1.82) is 0 Å². The van der Waals surface area contributed by atoms with Crippen molar-refractivity contribution in [3.8, 4) is 0 Å². The van der Waals surface area contributed by atoms with Crippen LogP contribution in [0.2, 0.25) is 0 Å². The molecule has 34 heavy (non-hydrogen) atoms. The summed E-state index contributed by atoms with van der Waals surface area (Å²) < 4.78 is 33.2. The number of hydrogen-bond acceptors (Lipinski definition) is 5. The molecule has 1 saturated heterocycles. The first kappa shape index (κ1) is 25.9. The zero-order chi connectivity index (χ0) is 24.9. The lowest BCUT2D eigenvalue weighted by Crippen LogP contribution is -2.41.